The van der Waals surface area contributed by atoms with Crippen LogP contribution in [0.15, 0.2) is 23.1 Å². The lowest BCUT2D eigenvalue weighted by Gasteiger charge is -2.23. The summed E-state index contributed by atoms with van der Waals surface area (Å²) in [5.41, 5.74) is 0.786. The molecule has 118 valence electrons. The highest BCUT2D eigenvalue weighted by atomic mass is 35.5. The van der Waals surface area contributed by atoms with Crippen LogP contribution in [-0.4, -0.2) is 34.2 Å². The van der Waals surface area contributed by atoms with Gasteiger partial charge in [-0.3, -0.25) is 0 Å². The van der Waals surface area contributed by atoms with Gasteiger partial charge in [0, 0.05) is 30.8 Å². The highest BCUT2D eigenvalue weighted by Gasteiger charge is 2.22. The van der Waals surface area contributed by atoms with Gasteiger partial charge in [-0.1, -0.05) is 18.5 Å². The highest BCUT2D eigenvalue weighted by Crippen LogP contribution is 2.21. The van der Waals surface area contributed by atoms with Crippen LogP contribution >= 0.6 is 11.6 Å². The molecule has 5 nitrogen and oxygen atoms in total. The minimum Gasteiger partial charge on any atom is -0.381 e. The van der Waals surface area contributed by atoms with Crippen molar-refractivity contribution >= 4 is 21.6 Å². The van der Waals surface area contributed by atoms with E-state index in [9.17, 15) is 8.42 Å². The molecule has 1 aromatic rings. The van der Waals surface area contributed by atoms with Crippen molar-refractivity contribution in [2.24, 2.45) is 0 Å². The van der Waals surface area contributed by atoms with Gasteiger partial charge in [0.1, 0.15) is 0 Å². The Balaban J connectivity index is 2.14. The average molecular weight is 333 g/mol. The summed E-state index contributed by atoms with van der Waals surface area (Å²) < 4.78 is 32.8. The Morgan fingerprint density at radius 3 is 2.71 bits per heavy atom. The molecule has 1 aliphatic rings. The fraction of sp³-hybridized carbons (Fsp3) is 0.571. The molecule has 1 aliphatic heterocycles. The summed E-state index contributed by atoms with van der Waals surface area (Å²) in [4.78, 5) is 0.256. The molecule has 1 heterocycles. The van der Waals surface area contributed by atoms with Crippen LogP contribution in [-0.2, 0) is 21.3 Å². The molecule has 0 spiro atoms. The Labute approximate surface area is 131 Å². The first-order chi connectivity index (χ1) is 10.0. The molecule has 0 saturated carbocycles. The van der Waals surface area contributed by atoms with Crippen molar-refractivity contribution in [1.82, 2.24) is 10.0 Å². The maximum absolute atomic E-state index is 12.4. The van der Waals surface area contributed by atoms with Gasteiger partial charge in [-0.05, 0) is 43.1 Å². The molecule has 0 aliphatic carbocycles. The quantitative estimate of drug-likeness (QED) is 0.835. The molecule has 7 heteroatoms. The van der Waals surface area contributed by atoms with Crippen LogP contribution in [0, 0.1) is 0 Å². The van der Waals surface area contributed by atoms with Crippen LogP contribution in [0.2, 0.25) is 5.02 Å². The molecule has 2 N–H and O–H groups in total. The normalized spacial score (nSPS) is 17.0. The summed E-state index contributed by atoms with van der Waals surface area (Å²) >= 11 is 6.10. The smallest absolute Gasteiger partial charge is 0.240 e. The Kier molecular flexibility index (Phi) is 6.01. The zero-order chi connectivity index (χ0) is 15.3. The van der Waals surface area contributed by atoms with E-state index in [-0.39, 0.29) is 10.9 Å². The van der Waals surface area contributed by atoms with Crippen LogP contribution in [0.4, 0.5) is 0 Å². The summed E-state index contributed by atoms with van der Waals surface area (Å²) in [5.74, 6) is 0. The first kappa shape index (κ1) is 16.7. The fourth-order valence-corrected chi connectivity index (χ4v) is 3.76. The summed E-state index contributed by atoms with van der Waals surface area (Å²) in [6, 6.07) is 4.75. The minimum absolute atomic E-state index is 0.0587. The van der Waals surface area contributed by atoms with Crippen LogP contribution < -0.4 is 10.0 Å². The lowest BCUT2D eigenvalue weighted by molar-refractivity contribution is 0.0832. The van der Waals surface area contributed by atoms with E-state index in [1.54, 1.807) is 18.2 Å². The van der Waals surface area contributed by atoms with Gasteiger partial charge in [-0.25, -0.2) is 13.1 Å². The highest BCUT2D eigenvalue weighted by molar-refractivity contribution is 7.89. The number of ether oxygens (including phenoxy) is 1. The van der Waals surface area contributed by atoms with E-state index in [2.05, 4.69) is 10.0 Å². The van der Waals surface area contributed by atoms with Gasteiger partial charge < -0.3 is 10.1 Å². The standard InChI is InChI=1S/C14H21ClN2O3S/c1-2-16-10-11-9-13(3-4-14(11)15)21(18,19)17-12-5-7-20-8-6-12/h3-4,9,12,16-17H,2,5-8,10H2,1H3. The third-order valence-electron chi connectivity index (χ3n) is 3.44. The molecular weight excluding hydrogens is 312 g/mol. The molecule has 0 radical (unpaired) electrons. The second kappa shape index (κ2) is 7.56. The van der Waals surface area contributed by atoms with Gasteiger partial charge >= 0.3 is 0 Å². The Hall–Kier alpha value is -0.660. The predicted molar refractivity (Wildman–Crippen MR) is 83.0 cm³/mol. The summed E-state index contributed by atoms with van der Waals surface area (Å²) in [6.07, 6.45) is 1.41. The number of hydrogen-bond donors (Lipinski definition) is 2. The Bertz CT molecular complexity index is 572. The van der Waals surface area contributed by atoms with Crippen molar-refractivity contribution in [1.29, 1.82) is 0 Å². The van der Waals surface area contributed by atoms with Crippen molar-refractivity contribution < 1.29 is 13.2 Å². The van der Waals surface area contributed by atoms with Crippen LogP contribution in [0.3, 0.4) is 0 Å². The van der Waals surface area contributed by atoms with Crippen molar-refractivity contribution in [3.8, 4) is 0 Å². The number of sulfonamides is 1. The third kappa shape index (κ3) is 4.66. The second-order valence-corrected chi connectivity index (χ2v) is 7.16. The molecule has 0 atom stereocenters. The van der Waals surface area contributed by atoms with Crippen LogP contribution in [0.25, 0.3) is 0 Å². The van der Waals surface area contributed by atoms with Gasteiger partial charge in [0.05, 0.1) is 4.90 Å². The monoisotopic (exact) mass is 332 g/mol. The summed E-state index contributed by atoms with van der Waals surface area (Å²) in [7, 11) is -3.52. The van der Waals surface area contributed by atoms with E-state index >= 15 is 0 Å². The number of halogens is 1. The molecule has 0 unspecified atom stereocenters. The molecule has 1 fully saturated rings. The molecule has 1 saturated heterocycles. The molecule has 0 aromatic heterocycles. The van der Waals surface area contributed by atoms with E-state index in [0.29, 0.717) is 37.6 Å². The molecule has 0 amide bonds. The van der Waals surface area contributed by atoms with Gasteiger partial charge in [0.15, 0.2) is 0 Å². The molecule has 2 rings (SSSR count). The lowest BCUT2D eigenvalue weighted by atomic mass is 10.1. The maximum Gasteiger partial charge on any atom is 0.240 e. The Morgan fingerprint density at radius 2 is 2.05 bits per heavy atom. The number of rotatable bonds is 6. The topological polar surface area (TPSA) is 67.4 Å². The van der Waals surface area contributed by atoms with E-state index in [4.69, 9.17) is 16.3 Å². The lowest BCUT2D eigenvalue weighted by Crippen LogP contribution is -2.38. The van der Waals surface area contributed by atoms with Gasteiger partial charge in [-0.2, -0.15) is 0 Å². The average Bonchev–Trinajstić information content (AvgIpc) is 2.47. The van der Waals surface area contributed by atoms with Gasteiger partial charge in [-0.15, -0.1) is 0 Å². The first-order valence-corrected chi connectivity index (χ1v) is 8.98. The van der Waals surface area contributed by atoms with E-state index in [0.717, 1.165) is 12.1 Å². The summed E-state index contributed by atoms with van der Waals surface area (Å²) in [6.45, 7) is 4.53. The van der Waals surface area contributed by atoms with Gasteiger partial charge in [0.2, 0.25) is 10.0 Å². The number of benzene rings is 1. The number of nitrogens with one attached hydrogen (secondary N) is 2. The summed E-state index contributed by atoms with van der Waals surface area (Å²) in [5, 5.41) is 3.72. The fourth-order valence-electron chi connectivity index (χ4n) is 2.22. The van der Waals surface area contributed by atoms with E-state index < -0.39 is 10.0 Å². The molecule has 1 aromatic carbocycles. The van der Waals surface area contributed by atoms with Crippen LogP contribution in [0.5, 0.6) is 0 Å². The first-order valence-electron chi connectivity index (χ1n) is 7.12. The maximum atomic E-state index is 12.4. The van der Waals surface area contributed by atoms with Crippen molar-refractivity contribution in [2.45, 2.75) is 37.2 Å². The SMILES string of the molecule is CCNCc1cc(S(=O)(=O)NC2CCOCC2)ccc1Cl. The largest absolute Gasteiger partial charge is 0.381 e. The zero-order valence-corrected chi connectivity index (χ0v) is 13.6. The third-order valence-corrected chi connectivity index (χ3v) is 5.32. The van der Waals surface area contributed by atoms with Crippen molar-refractivity contribution in [3.63, 3.8) is 0 Å². The number of hydrogen-bond acceptors (Lipinski definition) is 4. The Morgan fingerprint density at radius 1 is 1.33 bits per heavy atom. The molecule has 21 heavy (non-hydrogen) atoms. The van der Waals surface area contributed by atoms with Crippen molar-refractivity contribution in [3.05, 3.63) is 28.8 Å². The molecule has 0 bridgehead atoms. The zero-order valence-electron chi connectivity index (χ0n) is 12.1. The van der Waals surface area contributed by atoms with E-state index in [1.165, 1.54) is 0 Å². The molecular formula is C14H21ClN2O3S. The van der Waals surface area contributed by atoms with Crippen LogP contribution in [0.1, 0.15) is 25.3 Å². The van der Waals surface area contributed by atoms with Gasteiger partial charge in [0.25, 0.3) is 0 Å². The van der Waals surface area contributed by atoms with Crippen molar-refractivity contribution in [2.75, 3.05) is 19.8 Å². The minimum atomic E-state index is -3.52. The van der Waals surface area contributed by atoms with E-state index in [1.807, 2.05) is 6.92 Å². The predicted octanol–water partition coefficient (Wildman–Crippen LogP) is 1.91. The second-order valence-electron chi connectivity index (χ2n) is 5.04.